The van der Waals surface area contributed by atoms with E-state index in [2.05, 4.69) is 47.2 Å². The molecule has 0 aromatic heterocycles. The molecule has 3 aromatic carbocycles. The number of benzene rings is 3. The lowest BCUT2D eigenvalue weighted by molar-refractivity contribution is -0.112. The van der Waals surface area contributed by atoms with Gasteiger partial charge in [-0.25, -0.2) is 0 Å². The molecule has 0 fully saturated rings. The van der Waals surface area contributed by atoms with Crippen molar-refractivity contribution in [1.29, 1.82) is 5.26 Å². The summed E-state index contributed by atoms with van der Waals surface area (Å²) in [5.41, 5.74) is 6.81. The van der Waals surface area contributed by atoms with Crippen molar-refractivity contribution < 1.29 is 14.3 Å². The maximum atomic E-state index is 12.7. The van der Waals surface area contributed by atoms with E-state index in [-0.39, 0.29) is 5.57 Å². The average Bonchev–Trinajstić information content (AvgIpc) is 2.80. The predicted octanol–water partition coefficient (Wildman–Crippen LogP) is 6.82. The topological polar surface area (TPSA) is 71.3 Å². The normalized spacial score (nSPS) is 11.0. The highest BCUT2D eigenvalue weighted by Gasteiger charge is 2.15. The summed E-state index contributed by atoms with van der Waals surface area (Å²) in [7, 11) is 1.55. The van der Waals surface area contributed by atoms with Gasteiger partial charge >= 0.3 is 0 Å². The number of nitrogens with one attached hydrogen (secondary N) is 1. The molecule has 174 valence electrons. The van der Waals surface area contributed by atoms with E-state index in [4.69, 9.17) is 9.47 Å². The van der Waals surface area contributed by atoms with Crippen LogP contribution in [0.2, 0.25) is 0 Å². The zero-order valence-corrected chi connectivity index (χ0v) is 21.5. The Bertz CT molecular complexity index is 1310. The number of ether oxygens (including phenoxy) is 2. The average molecular weight is 519 g/mol. The first-order valence-electron chi connectivity index (χ1n) is 10.8. The lowest BCUT2D eigenvalue weighted by atomic mass is 10.1. The van der Waals surface area contributed by atoms with Crippen molar-refractivity contribution in [3.8, 4) is 17.6 Å². The number of halogens is 1. The molecule has 0 atom stereocenters. The van der Waals surface area contributed by atoms with Gasteiger partial charge in [0, 0.05) is 5.69 Å². The monoisotopic (exact) mass is 518 g/mol. The van der Waals surface area contributed by atoms with Crippen LogP contribution in [0.1, 0.15) is 33.4 Å². The highest BCUT2D eigenvalue weighted by atomic mass is 79.9. The molecule has 1 amide bonds. The van der Waals surface area contributed by atoms with Crippen molar-refractivity contribution in [2.45, 2.75) is 34.3 Å². The maximum Gasteiger partial charge on any atom is 0.266 e. The summed E-state index contributed by atoms with van der Waals surface area (Å²) >= 11 is 3.54. The zero-order valence-electron chi connectivity index (χ0n) is 20.0. The number of carbonyl (C=O) groups is 1. The molecule has 34 heavy (non-hydrogen) atoms. The molecule has 0 unspecified atom stereocenters. The van der Waals surface area contributed by atoms with Crippen molar-refractivity contribution in [2.24, 2.45) is 0 Å². The summed E-state index contributed by atoms with van der Waals surface area (Å²) in [6, 6.07) is 17.4. The minimum Gasteiger partial charge on any atom is -0.493 e. The number of hydrogen-bond acceptors (Lipinski definition) is 4. The first-order chi connectivity index (χ1) is 16.2. The maximum absolute atomic E-state index is 12.7. The molecule has 0 heterocycles. The van der Waals surface area contributed by atoms with Gasteiger partial charge in [0.1, 0.15) is 18.2 Å². The standard InChI is InChI=1S/C28H27BrN2O3/c1-17-6-9-25(20(4)10-17)31-28(32)23(15-30)12-22-13-24(29)27(26(14-22)33-5)34-16-21-8-7-18(2)19(3)11-21/h6-14H,16H2,1-5H3,(H,31,32)/b23-12+. The molecule has 3 aromatic rings. The van der Waals surface area contributed by atoms with Gasteiger partial charge < -0.3 is 14.8 Å². The third-order valence-corrected chi connectivity index (χ3v) is 6.10. The third-order valence-electron chi connectivity index (χ3n) is 5.51. The summed E-state index contributed by atoms with van der Waals surface area (Å²) in [5.74, 6) is 0.576. The van der Waals surface area contributed by atoms with Crippen LogP contribution in [0.4, 0.5) is 5.69 Å². The quantitative estimate of drug-likeness (QED) is 0.275. The number of nitriles is 1. The highest BCUT2D eigenvalue weighted by molar-refractivity contribution is 9.10. The van der Waals surface area contributed by atoms with Crippen LogP contribution in [0.15, 0.2) is 58.6 Å². The number of hydrogen-bond donors (Lipinski definition) is 1. The molecule has 3 rings (SSSR count). The van der Waals surface area contributed by atoms with Crippen LogP contribution in [0.3, 0.4) is 0 Å². The smallest absolute Gasteiger partial charge is 0.266 e. The summed E-state index contributed by atoms with van der Waals surface area (Å²) in [6.45, 7) is 8.42. The molecule has 0 aliphatic rings. The minimum atomic E-state index is -0.473. The highest BCUT2D eigenvalue weighted by Crippen LogP contribution is 2.38. The molecule has 0 radical (unpaired) electrons. The fourth-order valence-corrected chi connectivity index (χ4v) is 4.04. The minimum absolute atomic E-state index is 0.0160. The number of methoxy groups -OCH3 is 1. The molecule has 0 aliphatic heterocycles. The Morgan fingerprint density at radius 3 is 2.44 bits per heavy atom. The molecule has 0 spiro atoms. The molecule has 5 nitrogen and oxygen atoms in total. The van der Waals surface area contributed by atoms with Crippen LogP contribution >= 0.6 is 15.9 Å². The van der Waals surface area contributed by atoms with E-state index in [0.717, 1.165) is 16.7 Å². The van der Waals surface area contributed by atoms with E-state index in [1.54, 1.807) is 19.2 Å². The molecule has 0 saturated heterocycles. The van der Waals surface area contributed by atoms with Crippen molar-refractivity contribution in [3.05, 3.63) is 92.0 Å². The molecular weight excluding hydrogens is 492 g/mol. The van der Waals surface area contributed by atoms with Crippen molar-refractivity contribution >= 4 is 33.6 Å². The SMILES string of the molecule is COc1cc(/C=C(\C#N)C(=O)Nc2ccc(C)cc2C)cc(Br)c1OCc1ccc(C)c(C)c1. The second-order valence-corrected chi connectivity index (χ2v) is 9.04. The van der Waals surface area contributed by atoms with Gasteiger partial charge in [-0.2, -0.15) is 5.26 Å². The second kappa shape index (κ2) is 11.0. The van der Waals surface area contributed by atoms with Gasteiger partial charge in [0.2, 0.25) is 0 Å². The summed E-state index contributed by atoms with van der Waals surface area (Å²) in [4.78, 5) is 12.7. The lowest BCUT2D eigenvalue weighted by Gasteiger charge is -2.14. The van der Waals surface area contributed by atoms with Gasteiger partial charge in [0.05, 0.1) is 11.6 Å². The first-order valence-corrected chi connectivity index (χ1v) is 11.6. The predicted molar refractivity (Wildman–Crippen MR) is 139 cm³/mol. The van der Waals surface area contributed by atoms with Crippen LogP contribution in [-0.2, 0) is 11.4 Å². The summed E-state index contributed by atoms with van der Waals surface area (Å²) < 4.78 is 12.2. The van der Waals surface area contributed by atoms with Gasteiger partial charge in [0.15, 0.2) is 11.5 Å². The fourth-order valence-electron chi connectivity index (χ4n) is 3.47. The lowest BCUT2D eigenvalue weighted by Crippen LogP contribution is -2.14. The zero-order chi connectivity index (χ0) is 24.8. The van der Waals surface area contributed by atoms with E-state index in [1.807, 2.05) is 44.2 Å². The first kappa shape index (κ1) is 25.1. The molecule has 0 bridgehead atoms. The van der Waals surface area contributed by atoms with Gasteiger partial charge in [-0.15, -0.1) is 0 Å². The Morgan fingerprint density at radius 2 is 1.79 bits per heavy atom. The van der Waals surface area contributed by atoms with Crippen LogP contribution in [0.5, 0.6) is 11.5 Å². The van der Waals surface area contributed by atoms with Gasteiger partial charge in [-0.05, 0) is 95.7 Å². The Labute approximate surface area is 209 Å². The molecule has 0 saturated carbocycles. The van der Waals surface area contributed by atoms with Gasteiger partial charge in [0.25, 0.3) is 5.91 Å². The number of aryl methyl sites for hydroxylation is 4. The van der Waals surface area contributed by atoms with Crippen LogP contribution in [-0.4, -0.2) is 13.0 Å². The van der Waals surface area contributed by atoms with Crippen molar-refractivity contribution in [3.63, 3.8) is 0 Å². The number of rotatable bonds is 7. The Hall–Kier alpha value is -3.56. The van der Waals surface area contributed by atoms with E-state index in [9.17, 15) is 10.1 Å². The number of amides is 1. The van der Waals surface area contributed by atoms with E-state index < -0.39 is 5.91 Å². The number of anilines is 1. The van der Waals surface area contributed by atoms with E-state index in [0.29, 0.717) is 33.8 Å². The second-order valence-electron chi connectivity index (χ2n) is 8.18. The molecule has 1 N–H and O–H groups in total. The van der Waals surface area contributed by atoms with Crippen molar-refractivity contribution in [2.75, 3.05) is 12.4 Å². The molecule has 6 heteroatoms. The number of carbonyl (C=O) groups excluding carboxylic acids is 1. The fraction of sp³-hybridized carbons (Fsp3) is 0.214. The number of nitrogens with zero attached hydrogens (tertiary/aromatic N) is 1. The largest absolute Gasteiger partial charge is 0.493 e. The Morgan fingerprint density at radius 1 is 1.03 bits per heavy atom. The van der Waals surface area contributed by atoms with E-state index >= 15 is 0 Å². The molecular formula is C28H27BrN2O3. The van der Waals surface area contributed by atoms with Crippen LogP contribution in [0.25, 0.3) is 6.08 Å². The van der Waals surface area contributed by atoms with Crippen LogP contribution in [0, 0.1) is 39.0 Å². The summed E-state index contributed by atoms with van der Waals surface area (Å²) in [6.07, 6.45) is 1.53. The Balaban J connectivity index is 1.83. The van der Waals surface area contributed by atoms with Gasteiger partial charge in [-0.3, -0.25) is 4.79 Å². The molecule has 0 aliphatic carbocycles. The third kappa shape index (κ3) is 6.06. The van der Waals surface area contributed by atoms with Crippen molar-refractivity contribution in [1.82, 2.24) is 0 Å². The van der Waals surface area contributed by atoms with E-state index in [1.165, 1.54) is 17.2 Å². The summed E-state index contributed by atoms with van der Waals surface area (Å²) in [5, 5.41) is 12.4. The Kier molecular flexibility index (Phi) is 8.14. The van der Waals surface area contributed by atoms with Gasteiger partial charge in [-0.1, -0.05) is 35.9 Å². The van der Waals surface area contributed by atoms with Crippen LogP contribution < -0.4 is 14.8 Å².